The van der Waals surface area contributed by atoms with Crippen LogP contribution in [0.3, 0.4) is 0 Å². The smallest absolute Gasteiger partial charge is 0.364 e. The number of alkyl halides is 3. The Morgan fingerprint density at radius 2 is 1.70 bits per heavy atom. The fourth-order valence-corrected chi connectivity index (χ4v) is 3.34. The van der Waals surface area contributed by atoms with E-state index < -0.39 is 35.2 Å². The molecule has 3 amide bonds. The Morgan fingerprint density at radius 3 is 2.36 bits per heavy atom. The predicted octanol–water partition coefficient (Wildman–Crippen LogP) is 5.13. The molecule has 2 aromatic carbocycles. The van der Waals surface area contributed by atoms with Crippen LogP contribution in [0, 0.1) is 5.82 Å². The topological polar surface area (TPSA) is 113 Å². The van der Waals surface area contributed by atoms with Gasteiger partial charge in [-0.2, -0.15) is 13.2 Å². The van der Waals surface area contributed by atoms with Gasteiger partial charge in [-0.1, -0.05) is 18.2 Å². The van der Waals surface area contributed by atoms with Gasteiger partial charge in [-0.05, 0) is 42.0 Å². The van der Waals surface area contributed by atoms with Crippen molar-refractivity contribution >= 4 is 34.3 Å². The first-order valence-electron chi connectivity index (χ1n) is 9.46. The molecule has 0 atom stereocenters. The number of H-pyrrole nitrogens is 1. The maximum atomic E-state index is 14.1. The fraction of sp³-hybridized carbons (Fsp3) is 0.0455. The van der Waals surface area contributed by atoms with E-state index in [1.54, 1.807) is 30.5 Å². The second-order valence-electron chi connectivity index (χ2n) is 6.96. The number of nitrogens with one attached hydrogen (secondary N) is 3. The fourth-order valence-electron chi connectivity index (χ4n) is 3.34. The van der Waals surface area contributed by atoms with E-state index in [2.05, 4.69) is 20.6 Å². The summed E-state index contributed by atoms with van der Waals surface area (Å²) < 4.78 is 52.6. The summed E-state index contributed by atoms with van der Waals surface area (Å²) in [5, 5.41) is 4.47. The van der Waals surface area contributed by atoms with Gasteiger partial charge in [0.1, 0.15) is 5.69 Å². The summed E-state index contributed by atoms with van der Waals surface area (Å²) >= 11 is 0. The number of anilines is 2. The van der Waals surface area contributed by atoms with Crippen LogP contribution in [-0.4, -0.2) is 21.9 Å². The lowest BCUT2D eigenvalue weighted by Crippen LogP contribution is -2.21. The van der Waals surface area contributed by atoms with Gasteiger partial charge in [0.25, 0.3) is 5.91 Å². The Bertz CT molecular complexity index is 1360. The van der Waals surface area contributed by atoms with E-state index in [0.717, 1.165) is 12.1 Å². The van der Waals surface area contributed by atoms with Crippen molar-refractivity contribution in [2.75, 3.05) is 10.6 Å². The number of nitrogens with two attached hydrogens (primary N) is 1. The number of halogens is 4. The molecule has 11 heteroatoms. The van der Waals surface area contributed by atoms with Crippen molar-refractivity contribution in [3.05, 3.63) is 77.9 Å². The lowest BCUT2D eigenvalue weighted by Gasteiger charge is -2.13. The number of primary amides is 1. The quantitative estimate of drug-likeness (QED) is 0.319. The molecule has 4 aromatic rings. The molecule has 0 spiro atoms. The first kappa shape index (κ1) is 21.8. The van der Waals surface area contributed by atoms with Gasteiger partial charge in [0.15, 0.2) is 5.82 Å². The number of nitrogens with zero attached hydrogens (tertiary/aromatic N) is 1. The molecule has 5 N–H and O–H groups in total. The summed E-state index contributed by atoms with van der Waals surface area (Å²) in [5.41, 5.74) is 6.04. The van der Waals surface area contributed by atoms with E-state index in [9.17, 15) is 27.2 Å². The van der Waals surface area contributed by atoms with E-state index in [0.29, 0.717) is 28.2 Å². The number of hydrogen-bond donors (Lipinski definition) is 4. The lowest BCUT2D eigenvalue weighted by molar-refractivity contribution is -0.139. The molecule has 0 fully saturated rings. The second kappa shape index (κ2) is 8.26. The van der Waals surface area contributed by atoms with E-state index in [1.165, 1.54) is 12.1 Å². The van der Waals surface area contributed by atoms with Crippen molar-refractivity contribution < 1.29 is 27.2 Å². The van der Waals surface area contributed by atoms with E-state index in [4.69, 9.17) is 5.73 Å². The van der Waals surface area contributed by atoms with Crippen molar-refractivity contribution in [2.45, 2.75) is 6.18 Å². The number of pyridine rings is 1. The van der Waals surface area contributed by atoms with Gasteiger partial charge in [-0.15, -0.1) is 0 Å². The van der Waals surface area contributed by atoms with Crippen molar-refractivity contribution in [2.24, 2.45) is 5.73 Å². The monoisotopic (exact) mass is 457 g/mol. The standard InChI is InChI=1S/C22H15F4N5O2/c23-17-13(22(24,25)26)3-1-4-14(17)31-21(33)29-12-8-6-11(7-9-12)16-18-15(5-2-10-28-18)30-19(16)20(27)32/h1-10,30H,(H2,27,32)(H2,29,31,33). The van der Waals surface area contributed by atoms with E-state index >= 15 is 0 Å². The number of amides is 3. The van der Waals surface area contributed by atoms with Crippen LogP contribution in [0.5, 0.6) is 0 Å². The number of rotatable bonds is 4. The number of carbonyl (C=O) groups excluding carboxylic acids is 2. The SMILES string of the molecule is NC(=O)c1[nH]c2cccnc2c1-c1ccc(NC(=O)Nc2cccc(C(F)(F)F)c2F)cc1. The summed E-state index contributed by atoms with van der Waals surface area (Å²) in [6, 6.07) is 11.3. The number of benzene rings is 2. The zero-order valence-corrected chi connectivity index (χ0v) is 16.6. The molecule has 33 heavy (non-hydrogen) atoms. The van der Waals surface area contributed by atoms with Crippen molar-refractivity contribution in [1.82, 2.24) is 9.97 Å². The molecule has 0 saturated carbocycles. The van der Waals surface area contributed by atoms with Crippen molar-refractivity contribution in [3.63, 3.8) is 0 Å². The Kier molecular flexibility index (Phi) is 5.46. The number of urea groups is 1. The minimum absolute atomic E-state index is 0.169. The molecular formula is C22H15F4N5O2. The molecule has 0 radical (unpaired) electrons. The molecule has 0 aliphatic carbocycles. The molecule has 2 aromatic heterocycles. The average molecular weight is 457 g/mol. The molecule has 0 aliphatic heterocycles. The van der Waals surface area contributed by atoms with Crippen molar-refractivity contribution in [1.29, 1.82) is 0 Å². The normalized spacial score (nSPS) is 11.4. The zero-order valence-electron chi connectivity index (χ0n) is 16.6. The lowest BCUT2D eigenvalue weighted by atomic mass is 10.0. The summed E-state index contributed by atoms with van der Waals surface area (Å²) in [4.78, 5) is 31.2. The molecule has 4 rings (SSSR count). The third-order valence-electron chi connectivity index (χ3n) is 4.78. The Morgan fingerprint density at radius 1 is 0.970 bits per heavy atom. The highest BCUT2D eigenvalue weighted by atomic mass is 19.4. The van der Waals surface area contributed by atoms with Gasteiger partial charge in [-0.25, -0.2) is 9.18 Å². The van der Waals surface area contributed by atoms with Crippen LogP contribution < -0.4 is 16.4 Å². The second-order valence-corrected chi connectivity index (χ2v) is 6.96. The van der Waals surface area contributed by atoms with Crippen LogP contribution in [0.25, 0.3) is 22.2 Å². The molecular weight excluding hydrogens is 442 g/mol. The Labute approximate surface area is 183 Å². The highest BCUT2D eigenvalue weighted by Gasteiger charge is 2.35. The third-order valence-corrected chi connectivity index (χ3v) is 4.78. The van der Waals surface area contributed by atoms with Crippen LogP contribution >= 0.6 is 0 Å². The largest absolute Gasteiger partial charge is 0.419 e. The first-order chi connectivity index (χ1) is 15.6. The predicted molar refractivity (Wildman–Crippen MR) is 114 cm³/mol. The summed E-state index contributed by atoms with van der Waals surface area (Å²) in [7, 11) is 0. The molecule has 0 unspecified atom stereocenters. The molecule has 7 nitrogen and oxygen atoms in total. The van der Waals surface area contributed by atoms with Gasteiger partial charge in [0.05, 0.1) is 22.3 Å². The minimum Gasteiger partial charge on any atom is -0.364 e. The van der Waals surface area contributed by atoms with Crippen LogP contribution in [0.2, 0.25) is 0 Å². The zero-order chi connectivity index (χ0) is 23.8. The minimum atomic E-state index is -4.89. The van der Waals surface area contributed by atoms with Gasteiger partial charge in [0, 0.05) is 17.4 Å². The number of carbonyl (C=O) groups is 2. The molecule has 0 bridgehead atoms. The van der Waals surface area contributed by atoms with Crippen molar-refractivity contribution in [3.8, 4) is 11.1 Å². The average Bonchev–Trinajstić information content (AvgIpc) is 3.15. The van der Waals surface area contributed by atoms with Gasteiger partial charge in [0.2, 0.25) is 0 Å². The summed E-state index contributed by atoms with van der Waals surface area (Å²) in [5.74, 6) is -2.26. The summed E-state index contributed by atoms with van der Waals surface area (Å²) in [6.45, 7) is 0. The van der Waals surface area contributed by atoms with Crippen LogP contribution in [0.1, 0.15) is 16.1 Å². The van der Waals surface area contributed by atoms with E-state index in [-0.39, 0.29) is 11.4 Å². The first-order valence-corrected chi connectivity index (χ1v) is 9.46. The number of hydrogen-bond acceptors (Lipinski definition) is 3. The third kappa shape index (κ3) is 4.33. The maximum Gasteiger partial charge on any atom is 0.419 e. The number of aromatic nitrogens is 2. The molecule has 168 valence electrons. The molecule has 0 saturated heterocycles. The highest BCUT2D eigenvalue weighted by Crippen LogP contribution is 2.34. The summed E-state index contributed by atoms with van der Waals surface area (Å²) in [6.07, 6.45) is -3.33. The van der Waals surface area contributed by atoms with Gasteiger partial charge >= 0.3 is 12.2 Å². The van der Waals surface area contributed by atoms with Crippen LogP contribution in [-0.2, 0) is 6.18 Å². The number of aromatic amines is 1. The van der Waals surface area contributed by atoms with Gasteiger partial charge < -0.3 is 21.4 Å². The number of fused-ring (bicyclic) bond motifs is 1. The van der Waals surface area contributed by atoms with E-state index in [1.807, 2.05) is 0 Å². The van der Waals surface area contributed by atoms with Crippen LogP contribution in [0.15, 0.2) is 60.8 Å². The Hall–Kier alpha value is -4.41. The van der Waals surface area contributed by atoms with Crippen LogP contribution in [0.4, 0.5) is 33.7 Å². The maximum absolute atomic E-state index is 14.1. The van der Waals surface area contributed by atoms with Gasteiger partial charge in [-0.3, -0.25) is 9.78 Å². The highest BCUT2D eigenvalue weighted by molar-refractivity contribution is 6.08. The molecule has 2 heterocycles. The Balaban J connectivity index is 1.55. The molecule has 0 aliphatic rings.